The highest BCUT2D eigenvalue weighted by atomic mass is 32.2. The molecular weight excluding hydrogens is 450 g/mol. The first-order valence-electron chi connectivity index (χ1n) is 10.7. The van der Waals surface area contributed by atoms with Crippen LogP contribution in [0.1, 0.15) is 22.8 Å². The van der Waals surface area contributed by atoms with Crippen LogP contribution in [0.2, 0.25) is 0 Å². The van der Waals surface area contributed by atoms with Crippen LogP contribution in [-0.2, 0) is 21.2 Å². The lowest BCUT2D eigenvalue weighted by Crippen LogP contribution is -2.45. The molecule has 34 heavy (non-hydrogen) atoms. The SMILES string of the molecule is CC(=O)c1cccc(NC(=O)[C@H](Cc2ccccc2)NS(=O)(=O)c2cccc3cccnc23)c1. The van der Waals surface area contributed by atoms with Gasteiger partial charge in [-0.25, -0.2) is 8.42 Å². The van der Waals surface area contributed by atoms with Gasteiger partial charge >= 0.3 is 0 Å². The van der Waals surface area contributed by atoms with Crippen molar-refractivity contribution in [3.05, 3.63) is 102 Å². The third-order valence-corrected chi connectivity index (χ3v) is 6.82. The minimum atomic E-state index is -4.09. The summed E-state index contributed by atoms with van der Waals surface area (Å²) in [6.45, 7) is 1.44. The lowest BCUT2D eigenvalue weighted by Gasteiger charge is -2.19. The molecule has 7 nitrogen and oxygen atoms in total. The summed E-state index contributed by atoms with van der Waals surface area (Å²) in [4.78, 5) is 29.2. The summed E-state index contributed by atoms with van der Waals surface area (Å²) in [6.07, 6.45) is 1.66. The van der Waals surface area contributed by atoms with Gasteiger partial charge in [0, 0.05) is 22.8 Å². The number of pyridine rings is 1. The van der Waals surface area contributed by atoms with Gasteiger partial charge in [-0.2, -0.15) is 4.72 Å². The van der Waals surface area contributed by atoms with Crippen molar-refractivity contribution in [3.8, 4) is 0 Å². The molecule has 3 aromatic carbocycles. The maximum Gasteiger partial charge on any atom is 0.243 e. The first-order valence-corrected chi connectivity index (χ1v) is 12.1. The molecule has 0 spiro atoms. The van der Waals surface area contributed by atoms with Gasteiger partial charge in [0.25, 0.3) is 0 Å². The van der Waals surface area contributed by atoms with Gasteiger partial charge in [0.15, 0.2) is 5.78 Å². The largest absolute Gasteiger partial charge is 0.325 e. The van der Waals surface area contributed by atoms with Crippen LogP contribution in [-0.4, -0.2) is 31.1 Å². The molecule has 0 aliphatic carbocycles. The molecule has 8 heteroatoms. The molecule has 1 heterocycles. The molecule has 0 aliphatic rings. The van der Waals surface area contributed by atoms with Crippen LogP contribution in [0.15, 0.2) is 96.0 Å². The number of rotatable bonds is 8. The molecule has 172 valence electrons. The second-order valence-electron chi connectivity index (χ2n) is 7.82. The molecule has 1 aromatic heterocycles. The Labute approximate surface area is 197 Å². The highest BCUT2D eigenvalue weighted by Crippen LogP contribution is 2.21. The second kappa shape index (κ2) is 9.94. The number of para-hydroxylation sites is 1. The molecule has 0 aliphatic heterocycles. The van der Waals surface area contributed by atoms with Gasteiger partial charge in [0.1, 0.15) is 10.9 Å². The number of anilines is 1. The van der Waals surface area contributed by atoms with Crippen molar-refractivity contribution in [2.75, 3.05) is 5.32 Å². The highest BCUT2D eigenvalue weighted by molar-refractivity contribution is 7.89. The van der Waals surface area contributed by atoms with Crippen molar-refractivity contribution in [3.63, 3.8) is 0 Å². The maximum absolute atomic E-state index is 13.4. The molecule has 4 rings (SSSR count). The first-order chi connectivity index (χ1) is 16.3. The number of benzene rings is 3. The van der Waals surface area contributed by atoms with Gasteiger partial charge in [-0.05, 0) is 43.2 Å². The average molecular weight is 474 g/mol. The number of hydrogen-bond acceptors (Lipinski definition) is 5. The summed E-state index contributed by atoms with van der Waals surface area (Å²) in [5.74, 6) is -0.678. The number of Topliss-reactive ketones (excluding diaryl/α,β-unsaturated/α-hetero) is 1. The zero-order chi connectivity index (χ0) is 24.1. The molecule has 0 bridgehead atoms. The average Bonchev–Trinajstić information content (AvgIpc) is 2.84. The van der Waals surface area contributed by atoms with E-state index in [1.165, 1.54) is 19.2 Å². The standard InChI is InChI=1S/C26H23N3O4S/c1-18(30)21-11-5-13-22(17-21)28-26(31)23(16-19-8-3-2-4-9-19)29-34(32,33)24-14-6-10-20-12-7-15-27-25(20)24/h2-15,17,23,29H,16H2,1H3,(H,28,31)/t23-/m0/s1. The van der Waals surface area contributed by atoms with Crippen LogP contribution < -0.4 is 10.0 Å². The van der Waals surface area contributed by atoms with E-state index >= 15 is 0 Å². The first kappa shape index (κ1) is 23.3. The number of sulfonamides is 1. The normalized spacial score (nSPS) is 12.3. The molecule has 2 N–H and O–H groups in total. The zero-order valence-electron chi connectivity index (χ0n) is 18.4. The van der Waals surface area contributed by atoms with E-state index in [-0.39, 0.29) is 17.1 Å². The van der Waals surface area contributed by atoms with Crippen molar-refractivity contribution >= 4 is 38.3 Å². The van der Waals surface area contributed by atoms with Crippen LogP contribution in [0, 0.1) is 0 Å². The minimum absolute atomic E-state index is 0.00459. The number of nitrogens with zero attached hydrogens (tertiary/aromatic N) is 1. The minimum Gasteiger partial charge on any atom is -0.325 e. The Kier molecular flexibility index (Phi) is 6.81. The van der Waals surface area contributed by atoms with Gasteiger partial charge in [0.05, 0.1) is 5.52 Å². The van der Waals surface area contributed by atoms with Crippen molar-refractivity contribution < 1.29 is 18.0 Å². The number of hydrogen-bond donors (Lipinski definition) is 2. The smallest absolute Gasteiger partial charge is 0.243 e. The van der Waals surface area contributed by atoms with E-state index in [1.807, 2.05) is 30.3 Å². The third kappa shape index (κ3) is 5.36. The number of carbonyl (C=O) groups is 2. The van der Waals surface area contributed by atoms with Gasteiger partial charge in [-0.1, -0.05) is 60.7 Å². The Morgan fingerprint density at radius 2 is 1.65 bits per heavy atom. The van der Waals surface area contributed by atoms with E-state index in [0.29, 0.717) is 22.2 Å². The van der Waals surface area contributed by atoms with Gasteiger partial charge in [0.2, 0.25) is 15.9 Å². The van der Waals surface area contributed by atoms with Crippen molar-refractivity contribution in [2.45, 2.75) is 24.3 Å². The summed E-state index contributed by atoms with van der Waals surface area (Å²) in [6, 6.07) is 22.9. The molecule has 0 radical (unpaired) electrons. The lowest BCUT2D eigenvalue weighted by atomic mass is 10.1. The van der Waals surface area contributed by atoms with E-state index in [0.717, 1.165) is 5.56 Å². The summed E-state index contributed by atoms with van der Waals surface area (Å²) >= 11 is 0. The predicted octanol–water partition coefficient (Wildman–Crippen LogP) is 3.97. The number of carbonyl (C=O) groups excluding carboxylic acids is 2. The third-order valence-electron chi connectivity index (χ3n) is 5.32. The summed E-state index contributed by atoms with van der Waals surface area (Å²) in [5, 5.41) is 3.41. The Hall–Kier alpha value is -3.88. The van der Waals surface area contributed by atoms with E-state index in [9.17, 15) is 18.0 Å². The molecule has 1 atom stereocenters. The van der Waals surface area contributed by atoms with Crippen LogP contribution in [0.4, 0.5) is 5.69 Å². The van der Waals surface area contributed by atoms with E-state index in [1.54, 1.807) is 48.5 Å². The van der Waals surface area contributed by atoms with E-state index < -0.39 is 22.0 Å². The van der Waals surface area contributed by atoms with Crippen LogP contribution in [0.5, 0.6) is 0 Å². The topological polar surface area (TPSA) is 105 Å². The number of ketones is 1. The Morgan fingerprint density at radius 1 is 0.912 bits per heavy atom. The quantitative estimate of drug-likeness (QED) is 0.377. The van der Waals surface area contributed by atoms with E-state index in [4.69, 9.17) is 0 Å². The number of fused-ring (bicyclic) bond motifs is 1. The van der Waals surface area contributed by atoms with Crippen LogP contribution in [0.25, 0.3) is 10.9 Å². The Balaban J connectivity index is 1.66. The molecule has 0 fully saturated rings. The number of amides is 1. The van der Waals surface area contributed by atoms with Crippen LogP contribution >= 0.6 is 0 Å². The number of nitrogens with one attached hydrogen (secondary N) is 2. The lowest BCUT2D eigenvalue weighted by molar-refractivity contribution is -0.117. The van der Waals surface area contributed by atoms with Crippen LogP contribution in [0.3, 0.4) is 0 Å². The summed E-state index contributed by atoms with van der Waals surface area (Å²) in [7, 11) is -4.09. The van der Waals surface area contributed by atoms with E-state index in [2.05, 4.69) is 15.0 Å². The van der Waals surface area contributed by atoms with Gasteiger partial charge in [-0.3, -0.25) is 14.6 Å². The van der Waals surface area contributed by atoms with Crippen molar-refractivity contribution in [1.29, 1.82) is 0 Å². The molecule has 4 aromatic rings. The van der Waals surface area contributed by atoms with Crippen molar-refractivity contribution in [1.82, 2.24) is 9.71 Å². The number of aromatic nitrogens is 1. The van der Waals surface area contributed by atoms with Gasteiger partial charge < -0.3 is 5.32 Å². The fourth-order valence-corrected chi connectivity index (χ4v) is 5.00. The molecular formula is C26H23N3O4S. The summed E-state index contributed by atoms with van der Waals surface area (Å²) in [5.41, 5.74) is 1.96. The maximum atomic E-state index is 13.4. The zero-order valence-corrected chi connectivity index (χ0v) is 19.2. The summed E-state index contributed by atoms with van der Waals surface area (Å²) < 4.78 is 29.3. The second-order valence-corrected chi connectivity index (χ2v) is 9.50. The van der Waals surface area contributed by atoms with Crippen molar-refractivity contribution in [2.24, 2.45) is 0 Å². The Morgan fingerprint density at radius 3 is 2.41 bits per heavy atom. The predicted molar refractivity (Wildman–Crippen MR) is 131 cm³/mol. The highest BCUT2D eigenvalue weighted by Gasteiger charge is 2.28. The van der Waals surface area contributed by atoms with Gasteiger partial charge in [-0.15, -0.1) is 0 Å². The molecule has 0 saturated carbocycles. The molecule has 0 saturated heterocycles. The fraction of sp³-hybridized carbons (Fsp3) is 0.115. The monoisotopic (exact) mass is 473 g/mol. The molecule has 0 unspecified atom stereocenters. The Bertz CT molecular complexity index is 1450. The fourth-order valence-electron chi connectivity index (χ4n) is 3.63. The molecule has 1 amide bonds.